The number of benzene rings is 3. The topological polar surface area (TPSA) is 149 Å². The van der Waals surface area contributed by atoms with Crippen molar-refractivity contribution < 1.29 is 33.9 Å². The number of hydrogen-bond donors (Lipinski definition) is 1. The van der Waals surface area contributed by atoms with E-state index in [9.17, 15) is 29.6 Å². The number of ether oxygens (including phenoxy) is 2. The van der Waals surface area contributed by atoms with E-state index < -0.39 is 34.4 Å². The normalized spacial score (nSPS) is 15.8. The first-order valence-corrected chi connectivity index (χ1v) is 14.4. The van der Waals surface area contributed by atoms with E-state index in [0.29, 0.717) is 17.9 Å². The number of aryl methyl sites for hydroxylation is 2. The van der Waals surface area contributed by atoms with E-state index in [1.54, 1.807) is 39.0 Å². The number of ketones is 1. The number of aliphatic hydroxyl groups is 1. The molecular weight excluding hydrogens is 586 g/mol. The Morgan fingerprint density at radius 2 is 1.82 bits per heavy atom. The smallest absolute Gasteiger partial charge is 0.350 e. The number of carbonyl (C=O) groups excluding carboxylic acids is 3. The maximum Gasteiger partial charge on any atom is 0.350 e. The van der Waals surface area contributed by atoms with Crippen molar-refractivity contribution in [2.45, 2.75) is 33.4 Å². The molecule has 2 heterocycles. The fraction of sp³-hybridized carbons (Fsp3) is 0.188. The predicted octanol–water partition coefficient (Wildman–Crippen LogP) is 6.05. The van der Waals surface area contributed by atoms with Gasteiger partial charge in [0, 0.05) is 17.7 Å². The summed E-state index contributed by atoms with van der Waals surface area (Å²) >= 11 is 0.850. The molecule has 11 nitrogen and oxygen atoms in total. The molecule has 1 saturated heterocycles. The first-order chi connectivity index (χ1) is 21.1. The summed E-state index contributed by atoms with van der Waals surface area (Å²) < 4.78 is 11.0. The first-order valence-electron chi connectivity index (χ1n) is 13.6. The molecule has 3 aromatic carbocycles. The van der Waals surface area contributed by atoms with Gasteiger partial charge in [0.15, 0.2) is 5.13 Å². The van der Waals surface area contributed by atoms with Gasteiger partial charge < -0.3 is 14.6 Å². The average Bonchev–Trinajstić information content (AvgIpc) is 3.53. The second kappa shape index (κ2) is 12.5. The van der Waals surface area contributed by atoms with Crippen LogP contribution in [0.5, 0.6) is 5.75 Å². The van der Waals surface area contributed by atoms with Crippen molar-refractivity contribution in [1.82, 2.24) is 4.98 Å². The molecule has 5 rings (SSSR count). The molecule has 1 aliphatic heterocycles. The van der Waals surface area contributed by atoms with E-state index >= 15 is 0 Å². The molecule has 0 radical (unpaired) electrons. The summed E-state index contributed by atoms with van der Waals surface area (Å²) in [6.07, 6.45) is 0. The van der Waals surface area contributed by atoms with E-state index in [4.69, 9.17) is 9.47 Å². The Hall–Kier alpha value is -5.36. The SMILES string of the molecule is CCOC(=O)c1sc(N2C(=O)C(=O)/C(=C(\O)c3ccc(OCc4ccccc4)c(C)c3)C2c2cccc([N+](=O)[O-])c2)nc1C. The van der Waals surface area contributed by atoms with Crippen LogP contribution in [0.1, 0.15) is 50.6 Å². The molecule has 224 valence electrons. The lowest BCUT2D eigenvalue weighted by Gasteiger charge is -2.23. The van der Waals surface area contributed by atoms with Gasteiger partial charge in [-0.3, -0.25) is 24.6 Å². The zero-order chi connectivity index (χ0) is 31.5. The zero-order valence-electron chi connectivity index (χ0n) is 24.0. The van der Waals surface area contributed by atoms with E-state index in [1.807, 2.05) is 30.3 Å². The lowest BCUT2D eigenvalue weighted by molar-refractivity contribution is -0.384. The van der Waals surface area contributed by atoms with E-state index in [0.717, 1.165) is 21.8 Å². The average molecular weight is 614 g/mol. The Morgan fingerprint density at radius 3 is 2.50 bits per heavy atom. The van der Waals surface area contributed by atoms with Gasteiger partial charge in [0.05, 0.1) is 28.8 Å². The Morgan fingerprint density at radius 1 is 1.07 bits per heavy atom. The first kappa shape index (κ1) is 30.1. The minimum Gasteiger partial charge on any atom is -0.507 e. The number of non-ortho nitro benzene ring substituents is 1. The van der Waals surface area contributed by atoms with Crippen molar-refractivity contribution in [3.05, 3.63) is 121 Å². The summed E-state index contributed by atoms with van der Waals surface area (Å²) in [7, 11) is 0. The summed E-state index contributed by atoms with van der Waals surface area (Å²) in [6.45, 7) is 5.45. The summed E-state index contributed by atoms with van der Waals surface area (Å²) in [5.41, 5.74) is 1.81. The Bertz CT molecular complexity index is 1820. The highest BCUT2D eigenvalue weighted by Gasteiger charge is 2.48. The Kier molecular flexibility index (Phi) is 8.54. The van der Waals surface area contributed by atoms with E-state index in [-0.39, 0.29) is 44.7 Å². The fourth-order valence-corrected chi connectivity index (χ4v) is 5.86. The molecule has 44 heavy (non-hydrogen) atoms. The van der Waals surface area contributed by atoms with Crippen molar-refractivity contribution in [2.24, 2.45) is 0 Å². The summed E-state index contributed by atoms with van der Waals surface area (Å²) in [5, 5.41) is 23.1. The lowest BCUT2D eigenvalue weighted by Crippen LogP contribution is -2.29. The Labute approximate surface area is 256 Å². The number of aliphatic hydroxyl groups excluding tert-OH is 1. The molecule has 1 N–H and O–H groups in total. The molecule has 1 amide bonds. The van der Waals surface area contributed by atoms with Gasteiger partial charge >= 0.3 is 11.9 Å². The third-order valence-electron chi connectivity index (χ3n) is 6.98. The van der Waals surface area contributed by atoms with Crippen LogP contribution in [0.15, 0.2) is 78.4 Å². The Balaban J connectivity index is 1.60. The van der Waals surface area contributed by atoms with Crippen LogP contribution in [0.25, 0.3) is 5.76 Å². The minimum absolute atomic E-state index is 0.00375. The number of nitrogens with zero attached hydrogens (tertiary/aromatic N) is 3. The van der Waals surface area contributed by atoms with Crippen LogP contribution in [0.3, 0.4) is 0 Å². The van der Waals surface area contributed by atoms with Crippen LogP contribution < -0.4 is 9.64 Å². The number of esters is 1. The highest BCUT2D eigenvalue weighted by atomic mass is 32.1. The molecule has 0 spiro atoms. The van der Waals surface area contributed by atoms with Gasteiger partial charge in [-0.25, -0.2) is 9.78 Å². The molecule has 12 heteroatoms. The standard InChI is InChI=1S/C32H27N3O8S/c1-4-42-31(39)29-19(3)33-32(44-29)34-26(21-11-8-12-23(16-21)35(40)41)25(28(37)30(34)38)27(36)22-13-14-24(18(2)15-22)43-17-20-9-6-5-7-10-20/h5-16,26,36H,4,17H2,1-3H3/b27-25-. The quantitative estimate of drug-likeness (QED) is 0.0594. The van der Waals surface area contributed by atoms with E-state index in [2.05, 4.69) is 4.98 Å². The molecular formula is C32H27N3O8S. The van der Waals surface area contributed by atoms with Crippen LogP contribution in [-0.4, -0.2) is 39.3 Å². The van der Waals surface area contributed by atoms with Gasteiger partial charge in [-0.1, -0.05) is 53.8 Å². The molecule has 4 aromatic rings. The largest absolute Gasteiger partial charge is 0.507 e. The van der Waals surface area contributed by atoms with Crippen LogP contribution in [-0.2, 0) is 20.9 Å². The van der Waals surface area contributed by atoms with Crippen molar-refractivity contribution >= 4 is 45.6 Å². The summed E-state index contributed by atoms with van der Waals surface area (Å²) in [6, 6.07) is 18.6. The third kappa shape index (κ3) is 5.79. The monoisotopic (exact) mass is 613 g/mol. The van der Waals surface area contributed by atoms with Crippen LogP contribution in [0, 0.1) is 24.0 Å². The second-order valence-electron chi connectivity index (χ2n) is 9.91. The number of Topliss-reactive ketones (excluding diaryl/α,β-unsaturated/α-hetero) is 1. The maximum atomic E-state index is 13.6. The van der Waals surface area contributed by atoms with Gasteiger partial charge in [0.25, 0.3) is 11.5 Å². The van der Waals surface area contributed by atoms with Crippen molar-refractivity contribution in [3.8, 4) is 5.75 Å². The lowest BCUT2D eigenvalue weighted by atomic mass is 9.94. The maximum absolute atomic E-state index is 13.6. The molecule has 1 atom stereocenters. The molecule has 1 aliphatic rings. The summed E-state index contributed by atoms with van der Waals surface area (Å²) in [4.78, 5) is 56.2. The number of amides is 1. The van der Waals surface area contributed by atoms with Crippen LogP contribution in [0.2, 0.25) is 0 Å². The molecule has 1 aromatic heterocycles. The molecule has 0 saturated carbocycles. The molecule has 0 bridgehead atoms. The van der Waals surface area contributed by atoms with Gasteiger partial charge in [-0.15, -0.1) is 0 Å². The van der Waals surface area contributed by atoms with Crippen molar-refractivity contribution in [3.63, 3.8) is 0 Å². The second-order valence-corrected chi connectivity index (χ2v) is 10.9. The van der Waals surface area contributed by atoms with Gasteiger partial charge in [0.2, 0.25) is 0 Å². The third-order valence-corrected chi connectivity index (χ3v) is 8.12. The number of anilines is 1. The van der Waals surface area contributed by atoms with Crippen LogP contribution >= 0.6 is 11.3 Å². The predicted molar refractivity (Wildman–Crippen MR) is 163 cm³/mol. The van der Waals surface area contributed by atoms with Gasteiger partial charge in [-0.05, 0) is 55.7 Å². The fourth-order valence-electron chi connectivity index (χ4n) is 4.87. The minimum atomic E-state index is -1.27. The number of hydrogen-bond acceptors (Lipinski definition) is 10. The molecule has 1 unspecified atom stereocenters. The van der Waals surface area contributed by atoms with Crippen molar-refractivity contribution in [1.29, 1.82) is 0 Å². The number of carbonyl (C=O) groups is 3. The number of nitro groups is 1. The van der Waals surface area contributed by atoms with Gasteiger partial charge in [0.1, 0.15) is 23.0 Å². The highest BCUT2D eigenvalue weighted by molar-refractivity contribution is 7.17. The van der Waals surface area contributed by atoms with Gasteiger partial charge in [-0.2, -0.15) is 0 Å². The molecule has 1 fully saturated rings. The van der Waals surface area contributed by atoms with E-state index in [1.165, 1.54) is 24.3 Å². The van der Waals surface area contributed by atoms with Crippen LogP contribution in [0.4, 0.5) is 10.8 Å². The molecule has 0 aliphatic carbocycles. The number of aromatic nitrogens is 1. The highest BCUT2D eigenvalue weighted by Crippen LogP contribution is 2.44. The number of thiazole rings is 1. The summed E-state index contributed by atoms with van der Waals surface area (Å²) in [5.74, 6) is -2.56. The van der Waals surface area contributed by atoms with Crippen molar-refractivity contribution in [2.75, 3.05) is 11.5 Å². The number of rotatable bonds is 9. The zero-order valence-corrected chi connectivity index (χ0v) is 24.8. The number of nitro benzene ring substituents is 1.